The Labute approximate surface area is 202 Å². The second-order valence-electron chi connectivity index (χ2n) is 9.52. The first-order valence-corrected chi connectivity index (χ1v) is 12.1. The number of morpholine rings is 1. The second kappa shape index (κ2) is 9.57. The van der Waals surface area contributed by atoms with Crippen molar-refractivity contribution in [3.05, 3.63) is 35.6 Å². The summed E-state index contributed by atoms with van der Waals surface area (Å²) in [6.45, 7) is 4.04. The number of amidine groups is 1. The average Bonchev–Trinajstić information content (AvgIpc) is 3.46. The number of fused-ring (bicyclic) bond motifs is 1. The first-order valence-electron chi connectivity index (χ1n) is 12.1. The number of rotatable bonds is 5. The topological polar surface area (TPSA) is 112 Å². The van der Waals surface area contributed by atoms with Crippen molar-refractivity contribution in [1.29, 1.82) is 0 Å². The summed E-state index contributed by atoms with van der Waals surface area (Å²) in [5.74, 6) is 0.622. The number of hydrazine groups is 1. The van der Waals surface area contributed by atoms with E-state index in [-0.39, 0.29) is 48.2 Å². The van der Waals surface area contributed by atoms with E-state index >= 15 is 0 Å². The number of alkyl halides is 2. The number of primary amides is 1. The Balaban J connectivity index is 1.43. The van der Waals surface area contributed by atoms with Crippen LogP contribution in [0.3, 0.4) is 0 Å². The predicted octanol–water partition coefficient (Wildman–Crippen LogP) is 1.92. The van der Waals surface area contributed by atoms with Crippen LogP contribution in [-0.2, 0) is 9.53 Å². The lowest BCUT2D eigenvalue weighted by molar-refractivity contribution is -0.114. The van der Waals surface area contributed by atoms with Gasteiger partial charge in [-0.05, 0) is 44.6 Å². The van der Waals surface area contributed by atoms with Gasteiger partial charge in [0.2, 0.25) is 5.91 Å². The van der Waals surface area contributed by atoms with Gasteiger partial charge in [-0.25, -0.2) is 18.8 Å². The maximum atomic E-state index is 14.1. The number of aromatic nitrogens is 2. The molecule has 3 aliphatic heterocycles. The Morgan fingerprint density at radius 3 is 2.74 bits per heavy atom. The molecule has 1 atom stereocenters. The highest BCUT2D eigenvalue weighted by atomic mass is 19.3. The highest BCUT2D eigenvalue weighted by Crippen LogP contribution is 2.39. The van der Waals surface area contributed by atoms with E-state index in [1.165, 1.54) is 0 Å². The van der Waals surface area contributed by atoms with Crippen molar-refractivity contribution in [1.82, 2.24) is 19.7 Å². The SMILES string of the molecule is C[C@@H]1CN(C2=NC3=C(C(N)=O)CN(c4cn(C5CCC(CO)CC5)nc4C(F)F)N3C=C2)CCO1. The van der Waals surface area contributed by atoms with E-state index in [1.54, 1.807) is 33.2 Å². The summed E-state index contributed by atoms with van der Waals surface area (Å²) in [7, 11) is 0. The molecule has 0 aromatic carbocycles. The maximum Gasteiger partial charge on any atom is 0.284 e. The molecule has 0 radical (unpaired) electrons. The molecule has 1 saturated heterocycles. The van der Waals surface area contributed by atoms with Gasteiger partial charge in [-0.1, -0.05) is 0 Å². The van der Waals surface area contributed by atoms with Crippen LogP contribution in [0.5, 0.6) is 0 Å². The van der Waals surface area contributed by atoms with Gasteiger partial charge in [-0.15, -0.1) is 0 Å². The zero-order valence-corrected chi connectivity index (χ0v) is 19.7. The number of hydrogen-bond acceptors (Lipinski definition) is 8. The minimum absolute atomic E-state index is 0.0143. The lowest BCUT2D eigenvalue weighted by Gasteiger charge is -2.36. The maximum absolute atomic E-state index is 14.1. The summed E-state index contributed by atoms with van der Waals surface area (Å²) in [4.78, 5) is 19.1. The third-order valence-corrected chi connectivity index (χ3v) is 7.18. The van der Waals surface area contributed by atoms with Crippen molar-refractivity contribution in [2.24, 2.45) is 16.6 Å². The molecule has 3 N–H and O–H groups in total. The molecule has 0 unspecified atom stereocenters. The smallest absolute Gasteiger partial charge is 0.284 e. The number of anilines is 1. The number of amides is 1. The molecule has 35 heavy (non-hydrogen) atoms. The van der Waals surface area contributed by atoms with Gasteiger partial charge in [0.1, 0.15) is 11.5 Å². The van der Waals surface area contributed by atoms with Crippen LogP contribution < -0.4 is 10.7 Å². The summed E-state index contributed by atoms with van der Waals surface area (Å²) in [6.07, 6.45) is 5.61. The first-order chi connectivity index (χ1) is 16.9. The van der Waals surface area contributed by atoms with Gasteiger partial charge >= 0.3 is 0 Å². The number of carbonyl (C=O) groups excluding carboxylic acids is 1. The number of hydrogen-bond donors (Lipinski definition) is 2. The van der Waals surface area contributed by atoms with Crippen LogP contribution in [0.4, 0.5) is 14.5 Å². The van der Waals surface area contributed by atoms with E-state index in [9.17, 15) is 18.7 Å². The quantitative estimate of drug-likeness (QED) is 0.647. The van der Waals surface area contributed by atoms with Gasteiger partial charge < -0.3 is 20.5 Å². The van der Waals surface area contributed by atoms with E-state index in [1.807, 2.05) is 6.92 Å². The Hall–Kier alpha value is -2.99. The molecule has 4 aliphatic rings. The standard InChI is InChI=1S/C23H31F2N7O3/c1-14-10-29(8-9-35-14)19-6-7-31-23(27-19)17(22(26)34)11-32(31)18-12-30(28-20(18)21(24)25)16-4-2-15(13-33)3-5-16/h6-7,12,14-16,21,33H,2-5,8-11,13H2,1H3,(H2,26,34)/t14-,15?,16?/m1/s1. The lowest BCUT2D eigenvalue weighted by atomic mass is 9.87. The monoisotopic (exact) mass is 491 g/mol. The van der Waals surface area contributed by atoms with E-state index < -0.39 is 12.3 Å². The largest absolute Gasteiger partial charge is 0.396 e. The van der Waals surface area contributed by atoms with Crippen LogP contribution in [0.25, 0.3) is 0 Å². The van der Waals surface area contributed by atoms with Crippen LogP contribution in [-0.4, -0.2) is 75.5 Å². The van der Waals surface area contributed by atoms with Crippen LogP contribution in [0.15, 0.2) is 34.9 Å². The van der Waals surface area contributed by atoms with Crippen molar-refractivity contribution in [3.63, 3.8) is 0 Å². The molecule has 4 heterocycles. The van der Waals surface area contributed by atoms with E-state index in [0.29, 0.717) is 31.4 Å². The molecule has 1 aliphatic carbocycles. The normalized spacial score (nSPS) is 27.1. The number of aliphatic hydroxyl groups excluding tert-OH is 1. The van der Waals surface area contributed by atoms with E-state index in [4.69, 9.17) is 15.5 Å². The number of carbonyl (C=O) groups is 1. The fraction of sp³-hybridized carbons (Fsp3) is 0.609. The molecule has 1 aromatic rings. The molecule has 0 spiro atoms. The first kappa shape index (κ1) is 23.7. The van der Waals surface area contributed by atoms with Crippen molar-refractivity contribution in [2.45, 2.75) is 51.2 Å². The highest BCUT2D eigenvalue weighted by Gasteiger charge is 2.38. The van der Waals surface area contributed by atoms with Gasteiger partial charge in [0.05, 0.1) is 37.1 Å². The summed E-state index contributed by atoms with van der Waals surface area (Å²) < 4.78 is 35.4. The summed E-state index contributed by atoms with van der Waals surface area (Å²) in [5.41, 5.74) is 5.81. The third-order valence-electron chi connectivity index (χ3n) is 7.18. The van der Waals surface area contributed by atoms with Crippen molar-refractivity contribution >= 4 is 17.4 Å². The van der Waals surface area contributed by atoms with Gasteiger partial charge in [0, 0.05) is 25.9 Å². The Bertz CT molecular complexity index is 1060. The van der Waals surface area contributed by atoms with Crippen LogP contribution >= 0.6 is 0 Å². The number of ether oxygens (including phenoxy) is 1. The van der Waals surface area contributed by atoms with Gasteiger partial charge in [-0.2, -0.15) is 5.10 Å². The molecule has 1 saturated carbocycles. The van der Waals surface area contributed by atoms with Crippen molar-refractivity contribution < 1.29 is 23.4 Å². The molecule has 2 fully saturated rings. The lowest BCUT2D eigenvalue weighted by Crippen LogP contribution is -2.45. The van der Waals surface area contributed by atoms with Crippen molar-refractivity contribution in [3.8, 4) is 0 Å². The molecular weight excluding hydrogens is 460 g/mol. The number of nitrogens with two attached hydrogens (primary N) is 1. The molecule has 12 heteroatoms. The zero-order valence-electron chi connectivity index (χ0n) is 19.7. The summed E-state index contributed by atoms with van der Waals surface area (Å²) in [5, 5.41) is 16.8. The molecule has 190 valence electrons. The zero-order chi connectivity index (χ0) is 24.7. The molecular formula is C23H31F2N7O3. The fourth-order valence-corrected chi connectivity index (χ4v) is 5.22. The van der Waals surface area contributed by atoms with Crippen LogP contribution in [0, 0.1) is 5.92 Å². The van der Waals surface area contributed by atoms with Crippen LogP contribution in [0.2, 0.25) is 0 Å². The molecule has 5 rings (SSSR count). The minimum atomic E-state index is -2.79. The molecule has 10 nitrogen and oxygen atoms in total. The number of aliphatic hydroxyl groups is 1. The predicted molar refractivity (Wildman–Crippen MR) is 124 cm³/mol. The van der Waals surface area contributed by atoms with Crippen molar-refractivity contribution in [2.75, 3.05) is 37.9 Å². The van der Waals surface area contributed by atoms with Gasteiger partial charge in [-0.3, -0.25) is 14.5 Å². The molecule has 1 amide bonds. The van der Waals surface area contributed by atoms with E-state index in [0.717, 1.165) is 25.7 Å². The molecule has 1 aromatic heterocycles. The van der Waals surface area contributed by atoms with Gasteiger partial charge in [0.15, 0.2) is 11.5 Å². The summed E-state index contributed by atoms with van der Waals surface area (Å²) in [6, 6.07) is -0.0143. The van der Waals surface area contributed by atoms with Gasteiger partial charge in [0.25, 0.3) is 6.43 Å². The number of aliphatic imine (C=N–C) groups is 1. The Morgan fingerprint density at radius 1 is 1.31 bits per heavy atom. The van der Waals surface area contributed by atoms with Crippen LogP contribution in [0.1, 0.15) is 50.8 Å². The third kappa shape index (κ3) is 4.52. The molecule has 0 bridgehead atoms. The Kier molecular flexibility index (Phi) is 6.49. The van der Waals surface area contributed by atoms with E-state index in [2.05, 4.69) is 10.00 Å². The highest BCUT2D eigenvalue weighted by molar-refractivity contribution is 5.98. The second-order valence-corrected chi connectivity index (χ2v) is 9.52. The fourth-order valence-electron chi connectivity index (χ4n) is 5.22. The minimum Gasteiger partial charge on any atom is -0.396 e. The number of halogens is 2. The number of nitrogens with zero attached hydrogens (tertiary/aromatic N) is 6. The average molecular weight is 492 g/mol. The summed E-state index contributed by atoms with van der Waals surface area (Å²) >= 11 is 0. The Morgan fingerprint density at radius 2 is 2.09 bits per heavy atom.